The molecule has 1 fully saturated rings. The number of hydrogen-bond donors (Lipinski definition) is 7. The maximum atomic E-state index is 14.0. The minimum absolute atomic E-state index is 0.0396. The average molecular weight is 874 g/mol. The van der Waals surface area contributed by atoms with Crippen molar-refractivity contribution in [3.63, 3.8) is 0 Å². The Morgan fingerprint density at radius 3 is 1.77 bits per heavy atom. The Kier molecular flexibility index (Phi) is 16.4. The number of unbranched alkanes of at least 4 members (excludes halogenated alkanes) is 1. The van der Waals surface area contributed by atoms with Gasteiger partial charge in [-0.15, -0.1) is 0 Å². The van der Waals surface area contributed by atoms with Gasteiger partial charge in [-0.25, -0.2) is 4.79 Å². The summed E-state index contributed by atoms with van der Waals surface area (Å²) in [7, 11) is 3.79. The van der Waals surface area contributed by atoms with Crippen molar-refractivity contribution in [3.8, 4) is 0 Å². The van der Waals surface area contributed by atoms with Gasteiger partial charge in [0.1, 0.15) is 39.3 Å². The van der Waals surface area contributed by atoms with Crippen molar-refractivity contribution in [2.75, 3.05) is 5.75 Å². The van der Waals surface area contributed by atoms with Crippen LogP contribution in [0.5, 0.6) is 0 Å². The first-order valence-corrected chi connectivity index (χ1v) is 22.8. The van der Waals surface area contributed by atoms with Gasteiger partial charge in [-0.2, -0.15) is 0 Å². The molecule has 1 aromatic heterocycles. The molecule has 2 heterocycles. The lowest BCUT2D eigenvalue weighted by atomic mass is 9.95. The van der Waals surface area contributed by atoms with Crippen LogP contribution in [0.3, 0.4) is 0 Å². The van der Waals surface area contributed by atoms with Gasteiger partial charge in [-0.1, -0.05) is 46.2 Å². The third-order valence-corrected chi connectivity index (χ3v) is 13.0. The predicted molar refractivity (Wildman–Crippen MR) is 238 cm³/mol. The van der Waals surface area contributed by atoms with E-state index in [-0.39, 0.29) is 18.7 Å². The van der Waals surface area contributed by atoms with Crippen molar-refractivity contribution in [1.82, 2.24) is 36.9 Å². The van der Waals surface area contributed by atoms with Crippen LogP contribution in [-0.2, 0) is 44.7 Å². The van der Waals surface area contributed by atoms with Gasteiger partial charge in [0.15, 0.2) is 0 Å². The quantitative estimate of drug-likeness (QED) is 0.0586. The van der Waals surface area contributed by atoms with Gasteiger partial charge in [0, 0.05) is 40.9 Å². The molecular formula is C43H67N7O8S2. The Morgan fingerprint density at radius 1 is 0.700 bits per heavy atom. The van der Waals surface area contributed by atoms with Gasteiger partial charge >= 0.3 is 5.97 Å². The number of hydrogen-bond acceptors (Lipinski definition) is 10. The van der Waals surface area contributed by atoms with E-state index in [9.17, 15) is 33.6 Å². The monoisotopic (exact) mass is 873 g/mol. The fourth-order valence-electron chi connectivity index (χ4n) is 6.10. The van der Waals surface area contributed by atoms with Crippen LogP contribution in [-0.4, -0.2) is 96.7 Å². The highest BCUT2D eigenvalue weighted by atomic mass is 33.1. The van der Waals surface area contributed by atoms with Crippen molar-refractivity contribution in [2.24, 2.45) is 0 Å². The van der Waals surface area contributed by atoms with Crippen LogP contribution in [0.1, 0.15) is 128 Å². The highest BCUT2D eigenvalue weighted by molar-refractivity contribution is 8.77. The molecule has 2 aromatic rings. The number of amides is 6. The van der Waals surface area contributed by atoms with Gasteiger partial charge in [-0.3, -0.25) is 28.8 Å². The highest BCUT2D eigenvalue weighted by Crippen LogP contribution is 2.40. The van der Waals surface area contributed by atoms with Crippen LogP contribution >= 0.6 is 21.6 Å². The molecule has 0 radical (unpaired) electrons. The van der Waals surface area contributed by atoms with E-state index in [1.165, 1.54) is 61.8 Å². The molecule has 0 saturated carbocycles. The molecule has 60 heavy (non-hydrogen) atoms. The van der Waals surface area contributed by atoms with E-state index in [1.54, 1.807) is 40.8 Å². The number of rotatable bonds is 19. The van der Waals surface area contributed by atoms with Gasteiger partial charge in [-0.05, 0) is 121 Å². The van der Waals surface area contributed by atoms with E-state index in [1.807, 2.05) is 45.9 Å². The van der Waals surface area contributed by atoms with Crippen LogP contribution in [0.15, 0.2) is 30.5 Å². The summed E-state index contributed by atoms with van der Waals surface area (Å²) in [4.78, 5) is 97.5. The van der Waals surface area contributed by atoms with Gasteiger partial charge in [0.25, 0.3) is 0 Å². The first-order valence-electron chi connectivity index (χ1n) is 20.4. The molecule has 0 spiro atoms. The van der Waals surface area contributed by atoms with Crippen LogP contribution in [0.2, 0.25) is 0 Å². The molecule has 1 saturated heterocycles. The smallest absolute Gasteiger partial charge is 0.331 e. The van der Waals surface area contributed by atoms with Gasteiger partial charge < -0.3 is 41.6 Å². The van der Waals surface area contributed by atoms with Gasteiger partial charge in [0.2, 0.25) is 35.4 Å². The molecule has 1 aliphatic heterocycles. The number of carbonyl (C=O) groups is 7. The molecule has 3 rings (SSSR count). The van der Waals surface area contributed by atoms with Crippen LogP contribution in [0, 0.1) is 0 Å². The molecular weight excluding hydrogens is 807 g/mol. The standard InChI is InChI=1S/C43H67N7O8S2/c1-38(2,3)58-37(57)43(12,13)47-32(52)30(24-26-25-44-29-20-16-15-19-28(26)29)45-33(53)39(4,5)48-35(55)41(8,9)50-36(56)42(10,11)49-34(54)40(6,7)46-31(51)21-17-14-18-27-22-23-59-60-27/h15-16,19-20,25,27,30,44H,14,17-18,21-24H2,1-13H3,(H,45,53)(H,46,51)(H,47,52)(H,48,55)(H,49,54)(H,50,56)/t27?,30-/m0/s1. The molecule has 1 unspecified atom stereocenters. The normalized spacial score (nSPS) is 15.7. The Labute approximate surface area is 362 Å². The number of fused-ring (bicyclic) bond motifs is 1. The largest absolute Gasteiger partial charge is 0.458 e. The number of aromatic nitrogens is 1. The summed E-state index contributed by atoms with van der Waals surface area (Å²) in [6, 6.07) is 6.29. The maximum absolute atomic E-state index is 14.0. The summed E-state index contributed by atoms with van der Waals surface area (Å²) < 4.78 is 5.52. The van der Waals surface area contributed by atoms with E-state index in [4.69, 9.17) is 4.74 Å². The second kappa shape index (κ2) is 19.6. The fraction of sp³-hybridized carbons (Fsp3) is 0.651. The van der Waals surface area contributed by atoms with Crippen molar-refractivity contribution >= 4 is 73.9 Å². The lowest BCUT2D eigenvalue weighted by Crippen LogP contribution is -2.68. The Bertz CT molecular complexity index is 1910. The van der Waals surface area contributed by atoms with E-state index in [0.717, 1.165) is 35.1 Å². The second-order valence-corrected chi connectivity index (χ2v) is 22.0. The highest BCUT2D eigenvalue weighted by Gasteiger charge is 2.43. The van der Waals surface area contributed by atoms with E-state index < -0.39 is 74.8 Å². The molecule has 2 atom stereocenters. The van der Waals surface area contributed by atoms with Crippen molar-refractivity contribution < 1.29 is 38.3 Å². The number of H-pyrrole nitrogens is 1. The Balaban J connectivity index is 1.66. The molecule has 7 N–H and O–H groups in total. The van der Waals surface area contributed by atoms with Crippen LogP contribution in [0.25, 0.3) is 10.9 Å². The van der Waals surface area contributed by atoms with E-state index in [2.05, 4.69) is 36.9 Å². The number of ether oxygens (including phenoxy) is 1. The molecule has 334 valence electrons. The zero-order valence-electron chi connectivity index (χ0n) is 37.6. The molecule has 6 amide bonds. The molecule has 0 aliphatic carbocycles. The summed E-state index contributed by atoms with van der Waals surface area (Å²) in [6.07, 6.45) is 5.95. The summed E-state index contributed by atoms with van der Waals surface area (Å²) >= 11 is 0. The first kappa shape index (κ1) is 50.1. The fourth-order valence-corrected chi connectivity index (χ4v) is 9.13. The summed E-state index contributed by atoms with van der Waals surface area (Å²) in [5.74, 6) is -3.12. The maximum Gasteiger partial charge on any atom is 0.331 e. The minimum atomic E-state index is -1.61. The first-order chi connectivity index (χ1) is 27.5. The zero-order chi connectivity index (χ0) is 45.5. The zero-order valence-corrected chi connectivity index (χ0v) is 39.2. The lowest BCUT2D eigenvalue weighted by Gasteiger charge is -2.36. The van der Waals surface area contributed by atoms with Crippen LogP contribution < -0.4 is 31.9 Å². The van der Waals surface area contributed by atoms with Gasteiger partial charge in [0.05, 0.1) is 0 Å². The Morgan fingerprint density at radius 2 is 1.23 bits per heavy atom. The Hall–Kier alpha value is -4.25. The van der Waals surface area contributed by atoms with Crippen LogP contribution in [0.4, 0.5) is 0 Å². The summed E-state index contributed by atoms with van der Waals surface area (Å²) in [5, 5.41) is 17.8. The number of aromatic amines is 1. The summed E-state index contributed by atoms with van der Waals surface area (Å²) in [6.45, 7) is 20.0. The molecule has 1 aliphatic rings. The topological polar surface area (TPSA) is 217 Å². The van der Waals surface area contributed by atoms with Crippen molar-refractivity contribution in [2.45, 2.75) is 173 Å². The van der Waals surface area contributed by atoms with E-state index >= 15 is 0 Å². The third kappa shape index (κ3) is 14.4. The summed E-state index contributed by atoms with van der Waals surface area (Å²) in [5.41, 5.74) is -6.75. The molecule has 0 bridgehead atoms. The second-order valence-electron chi connectivity index (χ2n) is 19.2. The molecule has 17 heteroatoms. The number of nitrogens with one attached hydrogen (secondary N) is 7. The van der Waals surface area contributed by atoms with Crippen molar-refractivity contribution in [3.05, 3.63) is 36.0 Å². The molecule has 1 aromatic carbocycles. The number of carbonyl (C=O) groups excluding carboxylic acids is 7. The minimum Gasteiger partial charge on any atom is -0.458 e. The number of para-hydroxylation sites is 1. The lowest BCUT2D eigenvalue weighted by molar-refractivity contribution is -0.163. The number of esters is 1. The number of benzene rings is 1. The molecule has 15 nitrogen and oxygen atoms in total. The van der Waals surface area contributed by atoms with E-state index in [0.29, 0.717) is 11.7 Å². The SMILES string of the molecule is CC(C)(C)OC(=O)C(C)(C)NC(=O)[C@H](Cc1c[nH]c2ccccc12)NC(=O)C(C)(C)NC(=O)C(C)(C)NC(=O)C(C)(C)NC(=O)C(C)(C)NC(=O)CCCCC1CCSS1. The van der Waals surface area contributed by atoms with Crippen molar-refractivity contribution in [1.29, 1.82) is 0 Å². The third-order valence-electron chi connectivity index (χ3n) is 9.97. The average Bonchev–Trinajstić information content (AvgIpc) is 3.78. The predicted octanol–water partition coefficient (Wildman–Crippen LogP) is 4.73.